The maximum absolute atomic E-state index is 12.6. The summed E-state index contributed by atoms with van der Waals surface area (Å²) in [6, 6.07) is 8.39. The smallest absolute Gasteiger partial charge is 0.323 e. The molecule has 36 heavy (non-hydrogen) atoms. The quantitative estimate of drug-likeness (QED) is 0.128. The van der Waals surface area contributed by atoms with Crippen molar-refractivity contribution in [3.8, 4) is 0 Å². The molecule has 0 bridgehead atoms. The predicted molar refractivity (Wildman–Crippen MR) is 156 cm³/mol. The summed E-state index contributed by atoms with van der Waals surface area (Å²) in [5.41, 5.74) is 1.21. The Hall–Kier alpha value is -1.77. The van der Waals surface area contributed by atoms with Crippen LogP contribution in [0.1, 0.15) is 84.0 Å². The van der Waals surface area contributed by atoms with Crippen LogP contribution in [0.15, 0.2) is 51.2 Å². The van der Waals surface area contributed by atoms with Gasteiger partial charge in [-0.05, 0) is 30.7 Å². The van der Waals surface area contributed by atoms with Gasteiger partial charge in [0.15, 0.2) is 0 Å². The summed E-state index contributed by atoms with van der Waals surface area (Å²) in [5, 5.41) is 10.1. The van der Waals surface area contributed by atoms with E-state index in [1.807, 2.05) is 12.1 Å². The minimum absolute atomic E-state index is 0.294. The number of carbonyl (C=O) groups is 2. The van der Waals surface area contributed by atoms with Crippen LogP contribution >= 0.6 is 35.7 Å². The zero-order chi connectivity index (χ0) is 25.8. The molecule has 0 aromatic heterocycles. The Morgan fingerprint density at radius 1 is 0.889 bits per heavy atom. The average Bonchev–Trinajstić information content (AvgIpc) is 3.34. The molecule has 2 heterocycles. The van der Waals surface area contributed by atoms with E-state index >= 15 is 0 Å². The van der Waals surface area contributed by atoms with E-state index in [4.69, 9.17) is 17.3 Å². The van der Waals surface area contributed by atoms with Gasteiger partial charge in [-0.1, -0.05) is 125 Å². The Kier molecular flexibility index (Phi) is 12.4. The van der Waals surface area contributed by atoms with Gasteiger partial charge in [-0.15, -0.1) is 0 Å². The van der Waals surface area contributed by atoms with Crippen LogP contribution < -0.4 is 4.90 Å². The number of unbranched alkanes of at least 4 members (excludes halogenated alkanes) is 11. The molecule has 0 saturated carbocycles. The molecule has 1 aromatic rings. The van der Waals surface area contributed by atoms with E-state index < -0.39 is 12.5 Å². The number of amides is 1. The number of aliphatic carboxylic acids is 1. The van der Waals surface area contributed by atoms with Crippen molar-refractivity contribution in [1.29, 1.82) is 0 Å². The first-order valence-corrected chi connectivity index (χ1v) is 15.3. The van der Waals surface area contributed by atoms with Crippen molar-refractivity contribution in [1.82, 2.24) is 4.90 Å². The SMILES string of the molecule is CCCCCCCCCCCCCCN1/C(=C\C=C2\SC(=S)N(CC(=O)O)C2=O)Sc2ccccc21. The van der Waals surface area contributed by atoms with Crippen molar-refractivity contribution in [3.63, 3.8) is 0 Å². The highest BCUT2D eigenvalue weighted by Crippen LogP contribution is 2.46. The molecule has 1 saturated heterocycles. The fourth-order valence-corrected chi connectivity index (χ4v) is 6.74. The van der Waals surface area contributed by atoms with E-state index in [1.54, 1.807) is 17.8 Å². The molecule has 1 amide bonds. The molecule has 5 nitrogen and oxygen atoms in total. The van der Waals surface area contributed by atoms with Gasteiger partial charge in [0.05, 0.1) is 15.6 Å². The molecule has 1 fully saturated rings. The lowest BCUT2D eigenvalue weighted by Gasteiger charge is -2.20. The van der Waals surface area contributed by atoms with Crippen LogP contribution in [0, 0.1) is 0 Å². The lowest BCUT2D eigenvalue weighted by molar-refractivity contribution is -0.140. The number of thiocarbonyl (C=S) groups is 1. The van der Waals surface area contributed by atoms with Crippen LogP contribution in [0.2, 0.25) is 0 Å². The van der Waals surface area contributed by atoms with E-state index in [0.717, 1.165) is 34.7 Å². The number of benzene rings is 1. The minimum atomic E-state index is -1.07. The van der Waals surface area contributed by atoms with Crippen LogP contribution in [0.25, 0.3) is 0 Å². The summed E-state index contributed by atoms with van der Waals surface area (Å²) in [6.07, 6.45) is 19.7. The molecule has 0 radical (unpaired) electrons. The number of carbonyl (C=O) groups excluding carboxylic acids is 1. The van der Waals surface area contributed by atoms with Gasteiger partial charge in [0.25, 0.3) is 5.91 Å². The van der Waals surface area contributed by atoms with Crippen LogP contribution in [0.4, 0.5) is 5.69 Å². The first kappa shape index (κ1) is 28.8. The number of hydrogen-bond donors (Lipinski definition) is 1. The Morgan fingerprint density at radius 3 is 2.14 bits per heavy atom. The van der Waals surface area contributed by atoms with Crippen molar-refractivity contribution in [2.75, 3.05) is 18.0 Å². The molecule has 3 rings (SSSR count). The Bertz CT molecular complexity index is 977. The average molecular weight is 547 g/mol. The molecule has 1 aromatic carbocycles. The number of fused-ring (bicyclic) bond motifs is 1. The molecule has 1 N–H and O–H groups in total. The molecule has 0 aliphatic carbocycles. The lowest BCUT2D eigenvalue weighted by Crippen LogP contribution is -2.33. The van der Waals surface area contributed by atoms with Gasteiger partial charge < -0.3 is 10.0 Å². The Morgan fingerprint density at radius 2 is 1.50 bits per heavy atom. The minimum Gasteiger partial charge on any atom is -0.480 e. The molecule has 0 atom stereocenters. The topological polar surface area (TPSA) is 60.9 Å². The highest BCUT2D eigenvalue weighted by Gasteiger charge is 2.33. The van der Waals surface area contributed by atoms with E-state index in [-0.39, 0.29) is 5.91 Å². The van der Waals surface area contributed by atoms with Crippen molar-refractivity contribution < 1.29 is 14.7 Å². The van der Waals surface area contributed by atoms with Gasteiger partial charge in [0, 0.05) is 11.4 Å². The number of hydrogen-bond acceptors (Lipinski definition) is 6. The lowest BCUT2D eigenvalue weighted by atomic mass is 10.1. The molecule has 2 aliphatic rings. The van der Waals surface area contributed by atoms with Crippen molar-refractivity contribution in [2.24, 2.45) is 0 Å². The first-order chi connectivity index (χ1) is 17.5. The van der Waals surface area contributed by atoms with E-state index in [2.05, 4.69) is 30.0 Å². The summed E-state index contributed by atoms with van der Waals surface area (Å²) in [7, 11) is 0. The van der Waals surface area contributed by atoms with Crippen LogP contribution in [0.3, 0.4) is 0 Å². The van der Waals surface area contributed by atoms with E-state index in [0.29, 0.717) is 9.23 Å². The number of carboxylic acids is 1. The third-order valence-electron chi connectivity index (χ3n) is 6.42. The molecule has 8 heteroatoms. The van der Waals surface area contributed by atoms with Gasteiger partial charge >= 0.3 is 5.97 Å². The first-order valence-electron chi connectivity index (χ1n) is 13.2. The van der Waals surface area contributed by atoms with Crippen molar-refractivity contribution in [2.45, 2.75) is 88.9 Å². The van der Waals surface area contributed by atoms with Gasteiger partial charge in [-0.25, -0.2) is 0 Å². The van der Waals surface area contributed by atoms with E-state index in [1.165, 1.54) is 81.2 Å². The largest absolute Gasteiger partial charge is 0.480 e. The van der Waals surface area contributed by atoms with Gasteiger partial charge in [0.1, 0.15) is 10.9 Å². The molecule has 196 valence electrons. The molecule has 2 aliphatic heterocycles. The Labute approximate surface area is 229 Å². The number of carboxylic acid groups (broad SMARTS) is 1. The molecule has 0 unspecified atom stereocenters. The number of nitrogens with zero attached hydrogens (tertiary/aromatic N) is 2. The Balaban J connectivity index is 1.47. The number of anilines is 1. The standard InChI is InChI=1S/C28H38N2O3S3/c1-2-3-4-5-6-7-8-9-10-11-12-15-20-29-22-16-13-14-17-23(22)35-25(29)19-18-24-27(33)30(21-26(31)32)28(34)36-24/h13-14,16-19H,2-12,15,20-21H2,1H3,(H,31,32)/b24-18+,25-19+. The number of thioether (sulfide) groups is 2. The fraction of sp³-hybridized carbons (Fsp3) is 0.536. The van der Waals surface area contributed by atoms with E-state index in [9.17, 15) is 9.59 Å². The number of para-hydroxylation sites is 1. The van der Waals surface area contributed by atoms with Crippen molar-refractivity contribution >= 4 is 57.6 Å². The van der Waals surface area contributed by atoms with Crippen molar-refractivity contribution in [3.05, 3.63) is 46.4 Å². The van der Waals surface area contributed by atoms with Gasteiger partial charge in [0.2, 0.25) is 0 Å². The number of rotatable bonds is 16. The van der Waals surface area contributed by atoms with Crippen LogP contribution in [-0.2, 0) is 9.59 Å². The highest BCUT2D eigenvalue weighted by molar-refractivity contribution is 8.26. The van der Waals surface area contributed by atoms with Gasteiger partial charge in [-0.3, -0.25) is 14.5 Å². The summed E-state index contributed by atoms with van der Waals surface area (Å²) in [4.78, 5) is 28.8. The zero-order valence-corrected chi connectivity index (χ0v) is 23.7. The second-order valence-electron chi connectivity index (χ2n) is 9.30. The maximum atomic E-state index is 12.6. The third-order valence-corrected chi connectivity index (χ3v) is 8.94. The summed E-state index contributed by atoms with van der Waals surface area (Å²) >= 11 is 8.08. The fourth-order valence-electron chi connectivity index (χ4n) is 4.45. The second-order valence-corrected chi connectivity index (χ2v) is 12.0. The summed E-state index contributed by atoms with van der Waals surface area (Å²) < 4.78 is 0.294. The van der Waals surface area contributed by atoms with Crippen LogP contribution in [0.5, 0.6) is 0 Å². The third kappa shape index (κ3) is 8.67. The maximum Gasteiger partial charge on any atom is 0.323 e. The second kappa shape index (κ2) is 15.5. The zero-order valence-electron chi connectivity index (χ0n) is 21.2. The van der Waals surface area contributed by atoms with Crippen LogP contribution in [-0.4, -0.2) is 39.3 Å². The number of allylic oxidation sites excluding steroid dienone is 2. The van der Waals surface area contributed by atoms with Gasteiger partial charge in [-0.2, -0.15) is 0 Å². The summed E-state index contributed by atoms with van der Waals surface area (Å²) in [6.45, 7) is 2.81. The summed E-state index contributed by atoms with van der Waals surface area (Å²) in [5.74, 6) is -1.40. The molecule has 0 spiro atoms. The monoisotopic (exact) mass is 546 g/mol. The molecular weight excluding hydrogens is 509 g/mol. The normalized spacial score (nSPS) is 17.6. The predicted octanol–water partition coefficient (Wildman–Crippen LogP) is 7.97. The highest BCUT2D eigenvalue weighted by atomic mass is 32.2. The molecular formula is C28H38N2O3S3.